The van der Waals surface area contributed by atoms with Crippen LogP contribution in [0.5, 0.6) is 0 Å². The molecule has 1 aromatic rings. The molecule has 0 aromatic heterocycles. The normalized spacial score (nSPS) is 16.3. The summed E-state index contributed by atoms with van der Waals surface area (Å²) in [5, 5.41) is 0. The molecule has 0 radical (unpaired) electrons. The zero-order chi connectivity index (χ0) is 12.6. The average molecular weight is 246 g/mol. The lowest BCUT2D eigenvalue weighted by Crippen LogP contribution is -2.27. The first-order chi connectivity index (χ1) is 8.90. The van der Waals surface area contributed by atoms with Gasteiger partial charge in [-0.15, -0.1) is 0 Å². The van der Waals surface area contributed by atoms with Gasteiger partial charge in [-0.3, -0.25) is 0 Å². The van der Waals surface area contributed by atoms with Crippen LogP contribution >= 0.6 is 0 Å². The van der Waals surface area contributed by atoms with E-state index in [1.165, 1.54) is 58.2 Å². The van der Waals surface area contributed by atoms with Crippen LogP contribution in [0, 0.1) is 0 Å². The van der Waals surface area contributed by atoms with E-state index in [1.807, 2.05) is 0 Å². The number of hydrogen-bond donors (Lipinski definition) is 1. The first-order valence-electron chi connectivity index (χ1n) is 7.39. The standard InChI is InChI=1S/C16H26N2/c17-11-5-1-2-6-12-18-13-9-15-7-3-4-8-16(15)10-14-18/h3-4,7-8H,1-2,5-6,9-14,17H2. The Morgan fingerprint density at radius 1 is 0.889 bits per heavy atom. The molecule has 2 N–H and O–H groups in total. The van der Waals surface area contributed by atoms with Crippen LogP contribution in [-0.4, -0.2) is 31.1 Å². The van der Waals surface area contributed by atoms with Crippen LogP contribution in [0.3, 0.4) is 0 Å². The van der Waals surface area contributed by atoms with Crippen molar-refractivity contribution in [2.24, 2.45) is 5.73 Å². The number of fused-ring (bicyclic) bond motifs is 1. The SMILES string of the molecule is NCCCCCCN1CCc2ccccc2CC1. The zero-order valence-electron chi connectivity index (χ0n) is 11.4. The van der Waals surface area contributed by atoms with Crippen molar-refractivity contribution in [2.45, 2.75) is 38.5 Å². The molecule has 0 amide bonds. The van der Waals surface area contributed by atoms with Crippen molar-refractivity contribution in [3.63, 3.8) is 0 Å². The number of unbranched alkanes of at least 4 members (excludes halogenated alkanes) is 3. The van der Waals surface area contributed by atoms with E-state index in [9.17, 15) is 0 Å². The van der Waals surface area contributed by atoms with Crippen molar-refractivity contribution in [3.05, 3.63) is 35.4 Å². The van der Waals surface area contributed by atoms with Crippen molar-refractivity contribution in [3.8, 4) is 0 Å². The molecule has 18 heavy (non-hydrogen) atoms. The van der Waals surface area contributed by atoms with E-state index in [4.69, 9.17) is 5.73 Å². The van der Waals surface area contributed by atoms with E-state index in [0.29, 0.717) is 0 Å². The molecule has 2 nitrogen and oxygen atoms in total. The van der Waals surface area contributed by atoms with E-state index in [1.54, 1.807) is 11.1 Å². The van der Waals surface area contributed by atoms with Crippen molar-refractivity contribution in [1.29, 1.82) is 0 Å². The molecular weight excluding hydrogens is 220 g/mol. The summed E-state index contributed by atoms with van der Waals surface area (Å²) < 4.78 is 0. The van der Waals surface area contributed by atoms with Crippen LogP contribution in [-0.2, 0) is 12.8 Å². The Morgan fingerprint density at radius 2 is 1.50 bits per heavy atom. The van der Waals surface area contributed by atoms with Gasteiger partial charge in [0.15, 0.2) is 0 Å². The van der Waals surface area contributed by atoms with Crippen molar-refractivity contribution >= 4 is 0 Å². The highest BCUT2D eigenvalue weighted by Crippen LogP contribution is 2.15. The summed E-state index contributed by atoms with van der Waals surface area (Å²) in [5.74, 6) is 0. The topological polar surface area (TPSA) is 29.3 Å². The molecular formula is C16H26N2. The summed E-state index contributed by atoms with van der Waals surface area (Å²) >= 11 is 0. The number of nitrogens with zero attached hydrogens (tertiary/aromatic N) is 1. The summed E-state index contributed by atoms with van der Waals surface area (Å²) in [6.07, 6.45) is 7.59. The summed E-state index contributed by atoms with van der Waals surface area (Å²) in [7, 11) is 0. The van der Waals surface area contributed by atoms with E-state index in [-0.39, 0.29) is 0 Å². The van der Waals surface area contributed by atoms with Gasteiger partial charge in [0.05, 0.1) is 0 Å². The second-order valence-electron chi connectivity index (χ2n) is 5.31. The van der Waals surface area contributed by atoms with Crippen molar-refractivity contribution in [2.75, 3.05) is 26.2 Å². The molecule has 100 valence electrons. The molecule has 0 fully saturated rings. The second kappa shape index (κ2) is 7.55. The third-order valence-corrected chi connectivity index (χ3v) is 3.94. The Labute approximate surface area is 111 Å². The molecule has 0 unspecified atom stereocenters. The Bertz CT molecular complexity index is 322. The highest BCUT2D eigenvalue weighted by atomic mass is 15.1. The Hall–Kier alpha value is -0.860. The Kier molecular flexibility index (Phi) is 5.69. The largest absolute Gasteiger partial charge is 0.330 e. The maximum Gasteiger partial charge on any atom is 0.00221 e. The lowest BCUT2D eigenvalue weighted by atomic mass is 10.0. The summed E-state index contributed by atoms with van der Waals surface area (Å²) in [6, 6.07) is 8.92. The van der Waals surface area contributed by atoms with Gasteiger partial charge in [-0.05, 0) is 49.9 Å². The third kappa shape index (κ3) is 4.11. The summed E-state index contributed by atoms with van der Waals surface area (Å²) in [5.41, 5.74) is 8.63. The van der Waals surface area contributed by atoms with Gasteiger partial charge < -0.3 is 10.6 Å². The molecule has 1 aliphatic heterocycles. The quantitative estimate of drug-likeness (QED) is 0.782. The predicted octanol–water partition coefficient (Wildman–Crippen LogP) is 2.61. The maximum atomic E-state index is 5.51. The van der Waals surface area contributed by atoms with E-state index < -0.39 is 0 Å². The summed E-state index contributed by atoms with van der Waals surface area (Å²) in [6.45, 7) is 4.57. The third-order valence-electron chi connectivity index (χ3n) is 3.94. The second-order valence-corrected chi connectivity index (χ2v) is 5.31. The number of benzene rings is 1. The monoisotopic (exact) mass is 246 g/mol. The minimum absolute atomic E-state index is 0.846. The molecule has 1 aromatic carbocycles. The van der Waals surface area contributed by atoms with Gasteiger partial charge in [0.2, 0.25) is 0 Å². The smallest absolute Gasteiger partial charge is 0.00221 e. The Balaban J connectivity index is 1.71. The Morgan fingerprint density at radius 3 is 2.11 bits per heavy atom. The fourth-order valence-corrected chi connectivity index (χ4v) is 2.77. The molecule has 0 aliphatic carbocycles. The minimum atomic E-state index is 0.846. The van der Waals surface area contributed by atoms with Crippen LogP contribution in [0.4, 0.5) is 0 Å². The van der Waals surface area contributed by atoms with E-state index >= 15 is 0 Å². The van der Waals surface area contributed by atoms with Crippen LogP contribution in [0.1, 0.15) is 36.8 Å². The average Bonchev–Trinajstić information content (AvgIpc) is 2.61. The number of hydrogen-bond acceptors (Lipinski definition) is 2. The van der Waals surface area contributed by atoms with Gasteiger partial charge in [-0.25, -0.2) is 0 Å². The van der Waals surface area contributed by atoms with Gasteiger partial charge in [-0.2, -0.15) is 0 Å². The first-order valence-corrected chi connectivity index (χ1v) is 7.39. The minimum Gasteiger partial charge on any atom is -0.330 e. The molecule has 0 saturated carbocycles. The van der Waals surface area contributed by atoms with Gasteiger partial charge in [0.1, 0.15) is 0 Å². The van der Waals surface area contributed by atoms with Crippen molar-refractivity contribution < 1.29 is 0 Å². The molecule has 0 atom stereocenters. The van der Waals surface area contributed by atoms with Gasteiger partial charge in [-0.1, -0.05) is 37.1 Å². The highest BCUT2D eigenvalue weighted by molar-refractivity contribution is 5.28. The lowest BCUT2D eigenvalue weighted by molar-refractivity contribution is 0.280. The van der Waals surface area contributed by atoms with Crippen LogP contribution < -0.4 is 5.73 Å². The maximum absolute atomic E-state index is 5.51. The number of nitrogens with two attached hydrogens (primary N) is 1. The molecule has 0 saturated heterocycles. The molecule has 1 heterocycles. The van der Waals surface area contributed by atoms with E-state index in [0.717, 1.165) is 6.54 Å². The predicted molar refractivity (Wildman–Crippen MR) is 77.8 cm³/mol. The lowest BCUT2D eigenvalue weighted by Gasteiger charge is -2.19. The van der Waals surface area contributed by atoms with Crippen LogP contribution in [0.15, 0.2) is 24.3 Å². The van der Waals surface area contributed by atoms with Crippen molar-refractivity contribution in [1.82, 2.24) is 4.90 Å². The molecule has 2 heteroatoms. The molecule has 2 rings (SSSR count). The van der Waals surface area contributed by atoms with Gasteiger partial charge >= 0.3 is 0 Å². The van der Waals surface area contributed by atoms with Gasteiger partial charge in [0.25, 0.3) is 0 Å². The fraction of sp³-hybridized carbons (Fsp3) is 0.625. The van der Waals surface area contributed by atoms with E-state index in [2.05, 4.69) is 29.2 Å². The van der Waals surface area contributed by atoms with Gasteiger partial charge in [0, 0.05) is 13.1 Å². The summed E-state index contributed by atoms with van der Waals surface area (Å²) in [4.78, 5) is 2.63. The fourth-order valence-electron chi connectivity index (χ4n) is 2.77. The zero-order valence-corrected chi connectivity index (χ0v) is 11.4. The molecule has 0 spiro atoms. The number of rotatable bonds is 6. The van der Waals surface area contributed by atoms with Crippen LogP contribution in [0.2, 0.25) is 0 Å². The van der Waals surface area contributed by atoms with Crippen LogP contribution in [0.25, 0.3) is 0 Å². The first kappa shape index (κ1) is 13.6. The molecule has 1 aliphatic rings. The highest BCUT2D eigenvalue weighted by Gasteiger charge is 2.12. The molecule has 0 bridgehead atoms.